The van der Waals surface area contributed by atoms with E-state index in [1.165, 1.54) is 0 Å². The summed E-state index contributed by atoms with van der Waals surface area (Å²) in [6.45, 7) is 5.07. The van der Waals surface area contributed by atoms with Crippen LogP contribution in [0.2, 0.25) is 0 Å². The fourth-order valence-corrected chi connectivity index (χ4v) is 3.69. The Labute approximate surface area is 177 Å². The largest absolute Gasteiger partial charge is 0.490 e. The Kier molecular flexibility index (Phi) is 6.82. The molecule has 2 amide bonds. The van der Waals surface area contributed by atoms with Gasteiger partial charge in [-0.25, -0.2) is 0 Å². The Hall–Kier alpha value is -3.22. The molecule has 0 radical (unpaired) electrons. The Bertz CT molecular complexity index is 915. The normalized spacial score (nSPS) is 15.6. The number of anilines is 1. The summed E-state index contributed by atoms with van der Waals surface area (Å²) in [7, 11) is 3.35. The second-order valence-corrected chi connectivity index (χ2v) is 7.06. The number of nitrogens with one attached hydrogen (secondary N) is 1. The van der Waals surface area contributed by atoms with Crippen molar-refractivity contribution in [2.24, 2.45) is 0 Å². The van der Waals surface area contributed by atoms with Crippen molar-refractivity contribution >= 4 is 17.5 Å². The van der Waals surface area contributed by atoms with E-state index in [1.54, 1.807) is 25.1 Å². The summed E-state index contributed by atoms with van der Waals surface area (Å²) in [5.41, 5.74) is 2.07. The van der Waals surface area contributed by atoms with E-state index in [9.17, 15) is 9.59 Å². The predicted octanol–water partition coefficient (Wildman–Crippen LogP) is 3.21. The third-order valence-electron chi connectivity index (χ3n) is 5.06. The molecule has 0 saturated heterocycles. The molecule has 0 spiro atoms. The summed E-state index contributed by atoms with van der Waals surface area (Å²) in [6.07, 6.45) is 0.321. The predicted molar refractivity (Wildman–Crippen MR) is 116 cm³/mol. The molecule has 30 heavy (non-hydrogen) atoms. The maximum absolute atomic E-state index is 13.2. The van der Waals surface area contributed by atoms with Crippen LogP contribution in [0.1, 0.15) is 42.4 Å². The lowest BCUT2D eigenvalue weighted by atomic mass is 10.0. The number of fused-ring (bicyclic) bond motifs is 1. The first kappa shape index (κ1) is 21.5. The van der Waals surface area contributed by atoms with E-state index in [-0.39, 0.29) is 18.4 Å². The molecule has 3 rings (SSSR count). The van der Waals surface area contributed by atoms with Crippen molar-refractivity contribution in [2.75, 3.05) is 38.8 Å². The molecule has 1 N–H and O–H groups in total. The second kappa shape index (κ2) is 9.52. The SMILES string of the molecule is CCCOc1c(OCC)cccc1C1N(C)C(=O)c2ccccc2N1CC(=O)NC. The highest BCUT2D eigenvalue weighted by atomic mass is 16.5. The zero-order chi connectivity index (χ0) is 21.7. The molecule has 0 aromatic heterocycles. The number of para-hydroxylation sites is 2. The van der Waals surface area contributed by atoms with E-state index in [0.29, 0.717) is 30.3 Å². The van der Waals surface area contributed by atoms with E-state index in [4.69, 9.17) is 9.47 Å². The highest BCUT2D eigenvalue weighted by molar-refractivity contribution is 6.02. The van der Waals surface area contributed by atoms with Gasteiger partial charge in [0.1, 0.15) is 6.17 Å². The molecule has 1 atom stereocenters. The van der Waals surface area contributed by atoms with Gasteiger partial charge in [-0.3, -0.25) is 9.59 Å². The van der Waals surface area contributed by atoms with Crippen LogP contribution in [0, 0.1) is 0 Å². The average molecular weight is 412 g/mol. The van der Waals surface area contributed by atoms with Gasteiger partial charge in [0.15, 0.2) is 11.5 Å². The van der Waals surface area contributed by atoms with Gasteiger partial charge in [0, 0.05) is 19.7 Å². The fraction of sp³-hybridized carbons (Fsp3) is 0.391. The molecule has 1 heterocycles. The molecule has 0 fully saturated rings. The summed E-state index contributed by atoms with van der Waals surface area (Å²) in [5, 5.41) is 2.68. The zero-order valence-corrected chi connectivity index (χ0v) is 18.0. The van der Waals surface area contributed by atoms with Crippen LogP contribution in [-0.4, -0.2) is 50.6 Å². The molecule has 160 valence electrons. The first-order chi connectivity index (χ1) is 14.5. The quantitative estimate of drug-likeness (QED) is 0.722. The zero-order valence-electron chi connectivity index (χ0n) is 18.0. The van der Waals surface area contributed by atoms with Crippen molar-refractivity contribution in [1.82, 2.24) is 10.2 Å². The lowest BCUT2D eigenvalue weighted by Gasteiger charge is -2.44. The summed E-state index contributed by atoms with van der Waals surface area (Å²) < 4.78 is 11.9. The van der Waals surface area contributed by atoms with Crippen LogP contribution >= 0.6 is 0 Å². The molecule has 1 aliphatic heterocycles. The van der Waals surface area contributed by atoms with E-state index in [0.717, 1.165) is 17.7 Å². The van der Waals surface area contributed by atoms with Crippen LogP contribution in [0.15, 0.2) is 42.5 Å². The molecule has 0 bridgehead atoms. The maximum atomic E-state index is 13.2. The van der Waals surface area contributed by atoms with Crippen molar-refractivity contribution < 1.29 is 19.1 Å². The molecule has 7 heteroatoms. The lowest BCUT2D eigenvalue weighted by Crippen LogP contribution is -2.50. The van der Waals surface area contributed by atoms with Crippen molar-refractivity contribution in [2.45, 2.75) is 26.4 Å². The van der Waals surface area contributed by atoms with E-state index in [2.05, 4.69) is 5.32 Å². The molecular weight excluding hydrogens is 382 g/mol. The maximum Gasteiger partial charge on any atom is 0.257 e. The summed E-state index contributed by atoms with van der Waals surface area (Å²) in [6, 6.07) is 13.0. The van der Waals surface area contributed by atoms with Gasteiger partial charge in [-0.2, -0.15) is 0 Å². The van der Waals surface area contributed by atoms with Crippen LogP contribution in [-0.2, 0) is 4.79 Å². The van der Waals surface area contributed by atoms with Crippen molar-refractivity contribution in [3.8, 4) is 11.5 Å². The highest BCUT2D eigenvalue weighted by Crippen LogP contribution is 2.43. The first-order valence-corrected chi connectivity index (χ1v) is 10.2. The van der Waals surface area contributed by atoms with Gasteiger partial charge >= 0.3 is 0 Å². The standard InChI is InChI=1S/C23H29N3O4/c1-5-14-30-21-17(11-9-13-19(21)29-6-2)22-25(4)23(28)16-10-7-8-12-18(16)26(22)15-20(27)24-3/h7-13,22H,5-6,14-15H2,1-4H3,(H,24,27). The second-order valence-electron chi connectivity index (χ2n) is 7.06. The van der Waals surface area contributed by atoms with Gasteiger partial charge < -0.3 is 24.6 Å². The lowest BCUT2D eigenvalue weighted by molar-refractivity contribution is -0.119. The minimum Gasteiger partial charge on any atom is -0.490 e. The number of amides is 2. The number of carbonyl (C=O) groups is 2. The average Bonchev–Trinajstić information content (AvgIpc) is 2.76. The fourth-order valence-electron chi connectivity index (χ4n) is 3.69. The number of benzene rings is 2. The summed E-state index contributed by atoms with van der Waals surface area (Å²) in [4.78, 5) is 29.1. The highest BCUT2D eigenvalue weighted by Gasteiger charge is 2.39. The Morgan fingerprint density at radius 2 is 1.87 bits per heavy atom. The number of carbonyl (C=O) groups excluding carboxylic acids is 2. The number of hydrogen-bond acceptors (Lipinski definition) is 5. The summed E-state index contributed by atoms with van der Waals surface area (Å²) in [5.74, 6) is 0.983. The minimum atomic E-state index is -0.517. The molecule has 2 aromatic carbocycles. The van der Waals surface area contributed by atoms with Gasteiger partial charge in [-0.1, -0.05) is 31.2 Å². The van der Waals surface area contributed by atoms with Crippen LogP contribution in [0.3, 0.4) is 0 Å². The third kappa shape index (κ3) is 4.06. The van der Waals surface area contributed by atoms with Crippen molar-refractivity contribution in [1.29, 1.82) is 0 Å². The smallest absolute Gasteiger partial charge is 0.257 e. The molecule has 1 unspecified atom stereocenters. The topological polar surface area (TPSA) is 71.1 Å². The van der Waals surface area contributed by atoms with Crippen LogP contribution in [0.4, 0.5) is 5.69 Å². The van der Waals surface area contributed by atoms with Crippen molar-refractivity contribution in [3.63, 3.8) is 0 Å². The van der Waals surface area contributed by atoms with Crippen molar-refractivity contribution in [3.05, 3.63) is 53.6 Å². The van der Waals surface area contributed by atoms with Gasteiger partial charge in [0.05, 0.1) is 31.0 Å². The van der Waals surface area contributed by atoms with Gasteiger partial charge in [-0.05, 0) is 31.5 Å². The number of hydrogen-bond donors (Lipinski definition) is 1. The third-order valence-corrected chi connectivity index (χ3v) is 5.06. The van der Waals surface area contributed by atoms with Crippen LogP contribution in [0.5, 0.6) is 11.5 Å². The first-order valence-electron chi connectivity index (χ1n) is 10.2. The van der Waals surface area contributed by atoms with E-state index >= 15 is 0 Å². The minimum absolute atomic E-state index is 0.0991. The molecule has 0 saturated carbocycles. The summed E-state index contributed by atoms with van der Waals surface area (Å²) >= 11 is 0. The Morgan fingerprint density at radius 3 is 2.57 bits per heavy atom. The number of rotatable bonds is 8. The molecular formula is C23H29N3O4. The molecule has 7 nitrogen and oxygen atoms in total. The number of likely N-dealkylation sites (N-methyl/N-ethyl adjacent to an activating group) is 1. The van der Waals surface area contributed by atoms with E-state index < -0.39 is 6.17 Å². The number of nitrogens with zero attached hydrogens (tertiary/aromatic N) is 2. The number of ether oxygens (including phenoxy) is 2. The van der Waals surface area contributed by atoms with Crippen LogP contribution < -0.4 is 19.7 Å². The Morgan fingerprint density at radius 1 is 1.10 bits per heavy atom. The molecule has 0 aliphatic carbocycles. The monoisotopic (exact) mass is 411 g/mol. The Balaban J connectivity index is 2.17. The molecule has 1 aliphatic rings. The van der Waals surface area contributed by atoms with Crippen LogP contribution in [0.25, 0.3) is 0 Å². The van der Waals surface area contributed by atoms with E-state index in [1.807, 2.05) is 55.1 Å². The van der Waals surface area contributed by atoms with Gasteiger partial charge in [0.2, 0.25) is 5.91 Å². The van der Waals surface area contributed by atoms with Gasteiger partial charge in [-0.15, -0.1) is 0 Å². The van der Waals surface area contributed by atoms with Gasteiger partial charge in [0.25, 0.3) is 5.91 Å². The molecule has 2 aromatic rings.